The van der Waals surface area contributed by atoms with E-state index >= 15 is 0 Å². The molecule has 0 saturated carbocycles. The fourth-order valence-electron chi connectivity index (χ4n) is 1.42. The molecule has 2 N–H and O–H groups in total. The van der Waals surface area contributed by atoms with Gasteiger partial charge in [0.05, 0.1) is 10.7 Å². The number of thiazole rings is 1. The largest absolute Gasteiger partial charge is 0.325 e. The molecule has 1 aromatic heterocycles. The Hall–Kier alpha value is -0.410. The molecule has 0 fully saturated rings. The van der Waals surface area contributed by atoms with Crippen LogP contribution in [0.2, 0.25) is 0 Å². The summed E-state index contributed by atoms with van der Waals surface area (Å²) in [6, 6.07) is 0. The third kappa shape index (κ3) is 5.28. The zero-order valence-electron chi connectivity index (χ0n) is 10.2. The molecule has 0 aliphatic rings. The van der Waals surface area contributed by atoms with E-state index in [9.17, 15) is 0 Å². The maximum absolute atomic E-state index is 5.96. The van der Waals surface area contributed by atoms with E-state index in [0.717, 1.165) is 24.5 Å². The molecule has 0 amide bonds. The molecule has 1 aromatic rings. The van der Waals surface area contributed by atoms with Crippen LogP contribution in [0, 0.1) is 5.92 Å². The van der Waals surface area contributed by atoms with Crippen molar-refractivity contribution in [3.63, 3.8) is 0 Å². The number of rotatable bonds is 5. The fraction of sp³-hybridized carbons (Fsp3) is 0.750. The lowest BCUT2D eigenvalue weighted by atomic mass is 10.0. The van der Waals surface area contributed by atoms with Gasteiger partial charge in [0.15, 0.2) is 0 Å². The number of aryl methyl sites for hydroxylation is 1. The Balaban J connectivity index is 2.49. The van der Waals surface area contributed by atoms with Crippen molar-refractivity contribution in [1.29, 1.82) is 0 Å². The van der Waals surface area contributed by atoms with Crippen molar-refractivity contribution in [2.45, 2.75) is 52.5 Å². The first-order chi connectivity index (χ1) is 6.87. The van der Waals surface area contributed by atoms with Crippen LogP contribution in [0.3, 0.4) is 0 Å². The fourth-order valence-corrected chi connectivity index (χ4v) is 2.24. The Kier molecular flexibility index (Phi) is 4.29. The minimum absolute atomic E-state index is 0.149. The molecule has 1 rings (SSSR count). The molecule has 15 heavy (non-hydrogen) atoms. The summed E-state index contributed by atoms with van der Waals surface area (Å²) >= 11 is 1.77. The van der Waals surface area contributed by atoms with E-state index in [1.165, 1.54) is 11.4 Å². The van der Waals surface area contributed by atoms with Crippen molar-refractivity contribution in [2.75, 3.05) is 0 Å². The molecule has 0 spiro atoms. The van der Waals surface area contributed by atoms with Gasteiger partial charge >= 0.3 is 0 Å². The van der Waals surface area contributed by atoms with Crippen LogP contribution in [0.5, 0.6) is 0 Å². The average molecular weight is 226 g/mol. The third-order valence-corrected chi connectivity index (χ3v) is 3.13. The van der Waals surface area contributed by atoms with Crippen molar-refractivity contribution in [1.82, 2.24) is 4.98 Å². The predicted octanol–water partition coefficient (Wildman–Crippen LogP) is 3.01. The van der Waals surface area contributed by atoms with Crippen LogP contribution in [0.25, 0.3) is 0 Å². The summed E-state index contributed by atoms with van der Waals surface area (Å²) in [5, 5.41) is 3.40. The van der Waals surface area contributed by atoms with E-state index in [-0.39, 0.29) is 5.54 Å². The Bertz CT molecular complexity index is 297. The summed E-state index contributed by atoms with van der Waals surface area (Å²) < 4.78 is 0. The topological polar surface area (TPSA) is 38.9 Å². The number of aromatic nitrogens is 1. The van der Waals surface area contributed by atoms with Crippen LogP contribution in [-0.4, -0.2) is 10.5 Å². The standard InChI is InChI=1S/C12H22N2S/c1-9(2)5-6-11-14-10(8-15-11)7-12(3,4)13/h8-9H,5-7,13H2,1-4H3. The number of nitrogens with zero attached hydrogens (tertiary/aromatic N) is 1. The van der Waals surface area contributed by atoms with Crippen molar-refractivity contribution in [3.8, 4) is 0 Å². The van der Waals surface area contributed by atoms with Gasteiger partial charge in [-0.1, -0.05) is 13.8 Å². The molecular formula is C12H22N2S. The molecule has 0 unspecified atom stereocenters. The molecule has 0 radical (unpaired) electrons. The minimum Gasteiger partial charge on any atom is -0.325 e. The van der Waals surface area contributed by atoms with E-state index in [4.69, 9.17) is 5.73 Å². The first-order valence-electron chi connectivity index (χ1n) is 5.59. The number of hydrogen-bond donors (Lipinski definition) is 1. The third-order valence-electron chi connectivity index (χ3n) is 2.17. The quantitative estimate of drug-likeness (QED) is 0.838. The molecule has 86 valence electrons. The highest BCUT2D eigenvalue weighted by Crippen LogP contribution is 2.17. The van der Waals surface area contributed by atoms with Gasteiger partial charge in [-0.05, 0) is 32.6 Å². The van der Waals surface area contributed by atoms with Gasteiger partial charge in [-0.25, -0.2) is 4.98 Å². The summed E-state index contributed by atoms with van der Waals surface area (Å²) in [7, 11) is 0. The van der Waals surface area contributed by atoms with Crippen LogP contribution in [0.15, 0.2) is 5.38 Å². The van der Waals surface area contributed by atoms with Gasteiger partial charge in [0, 0.05) is 17.3 Å². The average Bonchev–Trinajstić information content (AvgIpc) is 2.45. The van der Waals surface area contributed by atoms with E-state index in [0.29, 0.717) is 0 Å². The molecule has 0 atom stereocenters. The van der Waals surface area contributed by atoms with Crippen molar-refractivity contribution >= 4 is 11.3 Å². The van der Waals surface area contributed by atoms with Gasteiger partial charge < -0.3 is 5.73 Å². The van der Waals surface area contributed by atoms with Crippen LogP contribution < -0.4 is 5.73 Å². The lowest BCUT2D eigenvalue weighted by Crippen LogP contribution is -2.34. The van der Waals surface area contributed by atoms with Gasteiger partial charge in [-0.3, -0.25) is 0 Å². The lowest BCUT2D eigenvalue weighted by molar-refractivity contribution is 0.510. The Morgan fingerprint density at radius 2 is 2.13 bits per heavy atom. The first kappa shape index (κ1) is 12.7. The maximum atomic E-state index is 5.96. The smallest absolute Gasteiger partial charge is 0.0928 e. The van der Waals surface area contributed by atoms with Crippen LogP contribution in [0.4, 0.5) is 0 Å². The monoisotopic (exact) mass is 226 g/mol. The minimum atomic E-state index is -0.149. The summed E-state index contributed by atoms with van der Waals surface area (Å²) in [6.07, 6.45) is 3.19. The van der Waals surface area contributed by atoms with E-state index in [1.807, 2.05) is 13.8 Å². The first-order valence-corrected chi connectivity index (χ1v) is 6.47. The maximum Gasteiger partial charge on any atom is 0.0928 e. The van der Waals surface area contributed by atoms with E-state index < -0.39 is 0 Å². The second-order valence-corrected chi connectivity index (χ2v) is 6.27. The second-order valence-electron chi connectivity index (χ2n) is 5.33. The van der Waals surface area contributed by atoms with E-state index in [2.05, 4.69) is 24.2 Å². The summed E-state index contributed by atoms with van der Waals surface area (Å²) in [6.45, 7) is 8.58. The zero-order valence-corrected chi connectivity index (χ0v) is 11.0. The van der Waals surface area contributed by atoms with Crippen molar-refractivity contribution in [3.05, 3.63) is 16.1 Å². The highest BCUT2D eigenvalue weighted by molar-refractivity contribution is 7.09. The Morgan fingerprint density at radius 3 is 2.67 bits per heavy atom. The molecular weight excluding hydrogens is 204 g/mol. The van der Waals surface area contributed by atoms with Gasteiger partial charge in [-0.2, -0.15) is 0 Å². The van der Waals surface area contributed by atoms with Crippen molar-refractivity contribution < 1.29 is 0 Å². The Labute approximate surface area is 96.9 Å². The van der Waals surface area contributed by atoms with Crippen LogP contribution >= 0.6 is 11.3 Å². The molecule has 1 heterocycles. The highest BCUT2D eigenvalue weighted by Gasteiger charge is 2.14. The van der Waals surface area contributed by atoms with Gasteiger partial charge in [0.25, 0.3) is 0 Å². The van der Waals surface area contributed by atoms with Crippen molar-refractivity contribution in [2.24, 2.45) is 11.7 Å². The van der Waals surface area contributed by atoms with Gasteiger partial charge in [-0.15, -0.1) is 11.3 Å². The normalized spacial score (nSPS) is 12.4. The Morgan fingerprint density at radius 1 is 1.47 bits per heavy atom. The van der Waals surface area contributed by atoms with Gasteiger partial charge in [0.2, 0.25) is 0 Å². The molecule has 0 saturated heterocycles. The lowest BCUT2D eigenvalue weighted by Gasteiger charge is -2.16. The summed E-state index contributed by atoms with van der Waals surface area (Å²) in [5.74, 6) is 0.753. The molecule has 0 aliphatic carbocycles. The second kappa shape index (κ2) is 5.08. The van der Waals surface area contributed by atoms with Crippen LogP contribution in [-0.2, 0) is 12.8 Å². The summed E-state index contributed by atoms with van der Waals surface area (Å²) in [4.78, 5) is 4.61. The van der Waals surface area contributed by atoms with E-state index in [1.54, 1.807) is 11.3 Å². The molecule has 2 nitrogen and oxygen atoms in total. The molecule has 0 aromatic carbocycles. The molecule has 0 bridgehead atoms. The summed E-state index contributed by atoms with van der Waals surface area (Å²) in [5.41, 5.74) is 6.96. The number of hydrogen-bond acceptors (Lipinski definition) is 3. The zero-order chi connectivity index (χ0) is 11.5. The SMILES string of the molecule is CC(C)CCc1nc(CC(C)(C)N)cs1. The molecule has 0 aliphatic heterocycles. The molecule has 3 heteroatoms. The number of nitrogens with two attached hydrogens (primary N) is 1. The van der Waals surface area contributed by atoms with Crippen LogP contribution in [0.1, 0.15) is 44.8 Å². The highest BCUT2D eigenvalue weighted by atomic mass is 32.1. The van der Waals surface area contributed by atoms with Gasteiger partial charge in [0.1, 0.15) is 0 Å². The predicted molar refractivity (Wildman–Crippen MR) is 67.2 cm³/mol.